The van der Waals surface area contributed by atoms with Gasteiger partial charge < -0.3 is 0 Å². The van der Waals surface area contributed by atoms with Crippen LogP contribution in [0.4, 0.5) is 0 Å². The Kier molecular flexibility index (Phi) is 2.02. The smallest absolute Gasteiger partial charge is 0.159 e. The summed E-state index contributed by atoms with van der Waals surface area (Å²) in [6.45, 7) is 6.06. The van der Waals surface area contributed by atoms with E-state index in [4.69, 9.17) is 0 Å². The van der Waals surface area contributed by atoms with Gasteiger partial charge in [0.15, 0.2) is 13.1 Å². The molecule has 0 fully saturated rings. The molecule has 1 aliphatic heterocycles. The molecule has 0 amide bonds. The predicted octanol–water partition coefficient (Wildman–Crippen LogP) is 1.93. The van der Waals surface area contributed by atoms with Crippen molar-refractivity contribution in [2.75, 3.05) is 0 Å². The summed E-state index contributed by atoms with van der Waals surface area (Å²) in [7, 11) is 2.25. The van der Waals surface area contributed by atoms with Gasteiger partial charge in [0, 0.05) is 5.56 Å². The minimum atomic E-state index is 0.149. The van der Waals surface area contributed by atoms with Gasteiger partial charge >= 0.3 is 0 Å². The van der Waals surface area contributed by atoms with Crippen LogP contribution in [0.2, 0.25) is 6.32 Å². The normalized spacial score (nSPS) is 17.4. The van der Waals surface area contributed by atoms with Gasteiger partial charge in [-0.25, -0.2) is 0 Å². The van der Waals surface area contributed by atoms with Crippen molar-refractivity contribution in [3.63, 3.8) is 0 Å². The summed E-state index contributed by atoms with van der Waals surface area (Å²) < 4.78 is 0. The van der Waals surface area contributed by atoms with Crippen LogP contribution in [-0.2, 0) is 5.41 Å². The van der Waals surface area contributed by atoms with Crippen molar-refractivity contribution < 1.29 is 4.79 Å². The van der Waals surface area contributed by atoms with Gasteiger partial charge in [-0.3, -0.25) is 4.79 Å². The highest BCUT2D eigenvalue weighted by Crippen LogP contribution is 2.31. The molecule has 1 nitrogen and oxygen atoms in total. The van der Waals surface area contributed by atoms with E-state index in [1.54, 1.807) is 6.92 Å². The first-order valence-electron chi connectivity index (χ1n) is 4.99. The Labute approximate surface area is 85.8 Å². The standard InChI is InChI=1S/C12H14BO/c1-8(14)9-4-5-11-10(6-9)12(2,3)7-13-11/h4-6H,7H2,1-3H3. The molecule has 0 aliphatic carbocycles. The van der Waals surface area contributed by atoms with E-state index in [1.807, 2.05) is 12.1 Å². The quantitative estimate of drug-likeness (QED) is 0.482. The van der Waals surface area contributed by atoms with Gasteiger partial charge in [0.05, 0.1) is 0 Å². The molecule has 2 rings (SSSR count). The highest BCUT2D eigenvalue weighted by molar-refractivity contribution is 6.56. The maximum atomic E-state index is 11.2. The summed E-state index contributed by atoms with van der Waals surface area (Å²) in [5.74, 6) is 0.149. The molecule has 0 spiro atoms. The van der Waals surface area contributed by atoms with Crippen LogP contribution < -0.4 is 5.46 Å². The van der Waals surface area contributed by atoms with E-state index in [2.05, 4.69) is 27.2 Å². The zero-order valence-corrected chi connectivity index (χ0v) is 8.92. The van der Waals surface area contributed by atoms with Gasteiger partial charge in [-0.15, -0.1) is 0 Å². The number of fused-ring (bicyclic) bond motifs is 1. The van der Waals surface area contributed by atoms with Crippen molar-refractivity contribution in [3.05, 3.63) is 29.3 Å². The summed E-state index contributed by atoms with van der Waals surface area (Å²) in [5, 5.41) is 0. The first-order valence-corrected chi connectivity index (χ1v) is 4.99. The third-order valence-electron chi connectivity index (χ3n) is 3.02. The fraction of sp³-hybridized carbons (Fsp3) is 0.417. The molecule has 71 valence electrons. The molecule has 0 atom stereocenters. The number of carbonyl (C=O) groups is 1. The highest BCUT2D eigenvalue weighted by atomic mass is 16.1. The number of hydrogen-bond acceptors (Lipinski definition) is 1. The maximum absolute atomic E-state index is 11.2. The van der Waals surface area contributed by atoms with Crippen LogP contribution >= 0.6 is 0 Å². The summed E-state index contributed by atoms with van der Waals surface area (Å²) in [5.41, 5.74) is 3.62. The maximum Gasteiger partial charge on any atom is 0.159 e. The monoisotopic (exact) mass is 185 g/mol. The number of hydrogen-bond donors (Lipinski definition) is 0. The number of benzene rings is 1. The number of rotatable bonds is 1. The second-order valence-electron chi connectivity index (χ2n) is 4.65. The zero-order valence-electron chi connectivity index (χ0n) is 8.92. The summed E-state index contributed by atoms with van der Waals surface area (Å²) in [6, 6.07) is 6.01. The molecule has 14 heavy (non-hydrogen) atoms. The van der Waals surface area contributed by atoms with Crippen LogP contribution in [-0.4, -0.2) is 13.1 Å². The molecule has 0 N–H and O–H groups in total. The van der Waals surface area contributed by atoms with Crippen molar-refractivity contribution in [2.24, 2.45) is 0 Å². The van der Waals surface area contributed by atoms with Crippen molar-refractivity contribution in [2.45, 2.75) is 32.5 Å². The molecule has 2 heteroatoms. The lowest BCUT2D eigenvalue weighted by molar-refractivity contribution is 0.101. The lowest BCUT2D eigenvalue weighted by atomic mass is 9.69. The fourth-order valence-corrected chi connectivity index (χ4v) is 2.01. The molecule has 1 radical (unpaired) electrons. The lowest BCUT2D eigenvalue weighted by Gasteiger charge is -2.19. The van der Waals surface area contributed by atoms with E-state index in [-0.39, 0.29) is 11.2 Å². The van der Waals surface area contributed by atoms with Crippen LogP contribution in [0.1, 0.15) is 36.7 Å². The Bertz CT molecular complexity index is 393. The Morgan fingerprint density at radius 3 is 2.79 bits per heavy atom. The number of carbonyl (C=O) groups excluding carboxylic acids is 1. The Balaban J connectivity index is 2.53. The first-order chi connectivity index (χ1) is 6.50. The Hall–Kier alpha value is -1.05. The second-order valence-corrected chi connectivity index (χ2v) is 4.65. The van der Waals surface area contributed by atoms with Crippen molar-refractivity contribution in [3.8, 4) is 0 Å². The summed E-state index contributed by atoms with van der Waals surface area (Å²) in [4.78, 5) is 11.2. The summed E-state index contributed by atoms with van der Waals surface area (Å²) in [6.07, 6.45) is 1.07. The molecule has 0 aromatic heterocycles. The van der Waals surface area contributed by atoms with Gasteiger partial charge in [0.25, 0.3) is 0 Å². The highest BCUT2D eigenvalue weighted by Gasteiger charge is 2.30. The van der Waals surface area contributed by atoms with Gasteiger partial charge in [0.2, 0.25) is 0 Å². The summed E-state index contributed by atoms with van der Waals surface area (Å²) >= 11 is 0. The van der Waals surface area contributed by atoms with Gasteiger partial charge in [-0.2, -0.15) is 0 Å². The van der Waals surface area contributed by atoms with E-state index < -0.39 is 0 Å². The number of ketones is 1. The fourth-order valence-electron chi connectivity index (χ4n) is 2.01. The molecule has 0 saturated heterocycles. The number of Topliss-reactive ketones (excluding diaryl/α,β-unsaturated/α-hetero) is 1. The third kappa shape index (κ3) is 1.39. The van der Waals surface area contributed by atoms with Gasteiger partial charge in [0.1, 0.15) is 0 Å². The van der Waals surface area contributed by atoms with E-state index >= 15 is 0 Å². The van der Waals surface area contributed by atoms with Gasteiger partial charge in [-0.05, 0) is 24.0 Å². The molecule has 0 bridgehead atoms. The van der Waals surface area contributed by atoms with Crippen LogP contribution in [0.3, 0.4) is 0 Å². The Morgan fingerprint density at radius 1 is 1.43 bits per heavy atom. The minimum Gasteiger partial charge on any atom is -0.295 e. The van der Waals surface area contributed by atoms with Crippen LogP contribution in [0.5, 0.6) is 0 Å². The van der Waals surface area contributed by atoms with Crippen molar-refractivity contribution in [1.82, 2.24) is 0 Å². The topological polar surface area (TPSA) is 17.1 Å². The molecular formula is C12H14BO. The molecule has 1 aromatic rings. The SMILES string of the molecule is CC(=O)c1ccc2c(c1)C(C)(C)C[B]2. The molecule has 1 aromatic carbocycles. The van der Waals surface area contributed by atoms with Gasteiger partial charge in [-0.1, -0.05) is 37.8 Å². The van der Waals surface area contributed by atoms with Crippen molar-refractivity contribution in [1.29, 1.82) is 0 Å². The van der Waals surface area contributed by atoms with Crippen LogP contribution in [0.15, 0.2) is 18.2 Å². The largest absolute Gasteiger partial charge is 0.295 e. The molecule has 0 unspecified atom stereocenters. The molecular weight excluding hydrogens is 171 g/mol. The average molecular weight is 185 g/mol. The van der Waals surface area contributed by atoms with E-state index in [0.717, 1.165) is 11.9 Å². The molecule has 0 saturated carbocycles. The van der Waals surface area contributed by atoms with E-state index in [0.29, 0.717) is 0 Å². The molecule has 1 heterocycles. The lowest BCUT2D eigenvalue weighted by Crippen LogP contribution is -2.16. The van der Waals surface area contributed by atoms with E-state index in [9.17, 15) is 4.79 Å². The third-order valence-corrected chi connectivity index (χ3v) is 3.02. The average Bonchev–Trinajstić information content (AvgIpc) is 2.42. The molecule has 1 aliphatic rings. The van der Waals surface area contributed by atoms with E-state index in [1.165, 1.54) is 11.0 Å². The zero-order chi connectivity index (χ0) is 10.3. The van der Waals surface area contributed by atoms with Crippen LogP contribution in [0, 0.1) is 0 Å². The Morgan fingerprint density at radius 2 is 2.14 bits per heavy atom. The predicted molar refractivity (Wildman–Crippen MR) is 59.7 cm³/mol. The second kappa shape index (κ2) is 2.98. The van der Waals surface area contributed by atoms with Crippen molar-refractivity contribution >= 4 is 18.5 Å². The minimum absolute atomic E-state index is 0.149. The first kappa shape index (κ1) is 9.51. The van der Waals surface area contributed by atoms with Crippen LogP contribution in [0.25, 0.3) is 0 Å².